The Kier molecular flexibility index (Phi) is 7.53. The molecule has 0 aromatic heterocycles. The summed E-state index contributed by atoms with van der Waals surface area (Å²) in [6, 6.07) is 14.7. The van der Waals surface area contributed by atoms with Gasteiger partial charge < -0.3 is 14.4 Å². The van der Waals surface area contributed by atoms with Crippen molar-refractivity contribution >= 4 is 33.5 Å². The molecule has 1 saturated heterocycles. The number of piperazine rings is 1. The van der Waals surface area contributed by atoms with Crippen LogP contribution in [0.25, 0.3) is 0 Å². The molecule has 1 aliphatic rings. The molecule has 1 heterocycles. The van der Waals surface area contributed by atoms with Crippen molar-refractivity contribution < 1.29 is 27.5 Å². The summed E-state index contributed by atoms with van der Waals surface area (Å²) in [7, 11) is -3.60. The number of halogens is 1. The first-order valence-electron chi connectivity index (χ1n) is 9.69. The predicted octanol–water partition coefficient (Wildman–Crippen LogP) is 2.18. The van der Waals surface area contributed by atoms with E-state index in [1.807, 2.05) is 0 Å². The van der Waals surface area contributed by atoms with E-state index >= 15 is 0 Å². The maximum Gasteiger partial charge on any atom is 0.347 e. The molecule has 1 unspecified atom stereocenters. The fourth-order valence-corrected chi connectivity index (χ4v) is 4.60. The summed E-state index contributed by atoms with van der Waals surface area (Å²) < 4.78 is 37.2. The maximum absolute atomic E-state index is 12.7. The van der Waals surface area contributed by atoms with Gasteiger partial charge in [0.25, 0.3) is 5.91 Å². The summed E-state index contributed by atoms with van der Waals surface area (Å²) in [6.45, 7) is 1.88. The van der Waals surface area contributed by atoms with Crippen LogP contribution in [0.4, 0.5) is 0 Å². The highest BCUT2D eigenvalue weighted by Crippen LogP contribution is 2.18. The second-order valence-electron chi connectivity index (χ2n) is 6.92. The lowest BCUT2D eigenvalue weighted by Gasteiger charge is -2.33. The van der Waals surface area contributed by atoms with Crippen molar-refractivity contribution in [3.63, 3.8) is 0 Å². The van der Waals surface area contributed by atoms with Crippen molar-refractivity contribution in [3.05, 3.63) is 59.6 Å². The van der Waals surface area contributed by atoms with E-state index in [2.05, 4.69) is 0 Å². The molecule has 3 rings (SSSR count). The van der Waals surface area contributed by atoms with Crippen LogP contribution in [0.3, 0.4) is 0 Å². The Hall–Kier alpha value is -2.62. The molecule has 1 aliphatic heterocycles. The van der Waals surface area contributed by atoms with Gasteiger partial charge >= 0.3 is 5.97 Å². The molecule has 10 heteroatoms. The van der Waals surface area contributed by atoms with Crippen LogP contribution in [-0.2, 0) is 24.3 Å². The molecule has 1 amide bonds. The van der Waals surface area contributed by atoms with Crippen LogP contribution in [0.5, 0.6) is 5.75 Å². The molecular formula is C21H23ClN2O6S. The lowest BCUT2D eigenvalue weighted by Crippen LogP contribution is -2.51. The number of benzene rings is 2. The molecule has 8 nitrogen and oxygen atoms in total. The van der Waals surface area contributed by atoms with Crippen molar-refractivity contribution in [3.8, 4) is 5.75 Å². The van der Waals surface area contributed by atoms with Crippen LogP contribution in [-0.4, -0.2) is 68.4 Å². The minimum atomic E-state index is -3.60. The van der Waals surface area contributed by atoms with Gasteiger partial charge in [-0.3, -0.25) is 4.79 Å². The van der Waals surface area contributed by atoms with E-state index in [0.717, 1.165) is 0 Å². The number of amides is 1. The van der Waals surface area contributed by atoms with Gasteiger partial charge in [-0.05, 0) is 43.3 Å². The molecule has 0 saturated carbocycles. The standard InChI is InChI=1S/C21H23ClN2O6S/c1-16(30-18-9-7-17(22)8-10-18)21(26)29-15-20(25)23-11-13-24(14-12-23)31(27,28)19-5-3-2-4-6-19/h2-10,16H,11-15H2,1H3. The van der Waals surface area contributed by atoms with Crippen LogP contribution in [0.2, 0.25) is 5.02 Å². The first-order valence-corrected chi connectivity index (χ1v) is 11.5. The third kappa shape index (κ3) is 5.96. The smallest absolute Gasteiger partial charge is 0.347 e. The number of nitrogens with zero attached hydrogens (tertiary/aromatic N) is 2. The molecule has 31 heavy (non-hydrogen) atoms. The summed E-state index contributed by atoms with van der Waals surface area (Å²) in [5, 5.41) is 0.546. The van der Waals surface area contributed by atoms with Gasteiger partial charge in [-0.1, -0.05) is 29.8 Å². The Morgan fingerprint density at radius 1 is 1.00 bits per heavy atom. The van der Waals surface area contributed by atoms with Gasteiger partial charge in [-0.2, -0.15) is 4.31 Å². The summed E-state index contributed by atoms with van der Waals surface area (Å²) >= 11 is 5.81. The SMILES string of the molecule is CC(Oc1ccc(Cl)cc1)C(=O)OCC(=O)N1CCN(S(=O)(=O)c2ccccc2)CC1. The number of rotatable bonds is 7. The Labute approximate surface area is 186 Å². The van der Waals surface area contributed by atoms with Crippen molar-refractivity contribution in [1.29, 1.82) is 0 Å². The van der Waals surface area contributed by atoms with Gasteiger partial charge in [0, 0.05) is 31.2 Å². The second-order valence-corrected chi connectivity index (χ2v) is 9.29. The van der Waals surface area contributed by atoms with E-state index in [1.54, 1.807) is 54.6 Å². The molecule has 0 aliphatic carbocycles. The van der Waals surface area contributed by atoms with Gasteiger partial charge in [-0.25, -0.2) is 13.2 Å². The zero-order chi connectivity index (χ0) is 22.4. The molecule has 0 bridgehead atoms. The average Bonchev–Trinajstić information content (AvgIpc) is 2.79. The number of esters is 1. The number of sulfonamides is 1. The summed E-state index contributed by atoms with van der Waals surface area (Å²) in [5.41, 5.74) is 0. The third-order valence-electron chi connectivity index (χ3n) is 4.77. The van der Waals surface area contributed by atoms with E-state index in [-0.39, 0.29) is 37.0 Å². The zero-order valence-corrected chi connectivity index (χ0v) is 18.5. The van der Waals surface area contributed by atoms with Gasteiger partial charge in [0.05, 0.1) is 4.90 Å². The fourth-order valence-electron chi connectivity index (χ4n) is 3.03. The monoisotopic (exact) mass is 466 g/mol. The minimum Gasteiger partial charge on any atom is -0.479 e. The van der Waals surface area contributed by atoms with Gasteiger partial charge in [0.15, 0.2) is 12.7 Å². The highest BCUT2D eigenvalue weighted by atomic mass is 35.5. The molecule has 0 spiro atoms. The maximum atomic E-state index is 12.7. The molecule has 2 aromatic carbocycles. The average molecular weight is 467 g/mol. The molecular weight excluding hydrogens is 444 g/mol. The normalized spacial score (nSPS) is 15.9. The van der Waals surface area contributed by atoms with Crippen molar-refractivity contribution in [2.24, 2.45) is 0 Å². The lowest BCUT2D eigenvalue weighted by atomic mass is 10.3. The number of carbonyl (C=O) groups is 2. The van der Waals surface area contributed by atoms with Crippen LogP contribution in [0.1, 0.15) is 6.92 Å². The van der Waals surface area contributed by atoms with E-state index in [1.165, 1.54) is 16.1 Å². The van der Waals surface area contributed by atoms with E-state index in [9.17, 15) is 18.0 Å². The summed E-state index contributed by atoms with van der Waals surface area (Å²) in [5.74, 6) is -0.603. The van der Waals surface area contributed by atoms with E-state index in [0.29, 0.717) is 10.8 Å². The Morgan fingerprint density at radius 2 is 1.61 bits per heavy atom. The topological polar surface area (TPSA) is 93.2 Å². The Balaban J connectivity index is 1.45. The number of ether oxygens (including phenoxy) is 2. The Bertz CT molecular complexity index is 1010. The molecule has 0 radical (unpaired) electrons. The van der Waals surface area contributed by atoms with Gasteiger partial charge in [-0.15, -0.1) is 0 Å². The summed E-state index contributed by atoms with van der Waals surface area (Å²) in [4.78, 5) is 26.2. The van der Waals surface area contributed by atoms with Crippen LogP contribution in [0, 0.1) is 0 Å². The van der Waals surface area contributed by atoms with E-state index < -0.39 is 28.7 Å². The second kappa shape index (κ2) is 10.1. The largest absolute Gasteiger partial charge is 0.479 e. The molecule has 0 N–H and O–H groups in total. The molecule has 166 valence electrons. The van der Waals surface area contributed by atoms with Crippen molar-refractivity contribution in [2.75, 3.05) is 32.8 Å². The molecule has 1 fully saturated rings. The van der Waals surface area contributed by atoms with Gasteiger partial charge in [0.2, 0.25) is 10.0 Å². The quantitative estimate of drug-likeness (QED) is 0.581. The number of hydrogen-bond acceptors (Lipinski definition) is 6. The number of hydrogen-bond donors (Lipinski definition) is 0. The molecule has 2 aromatic rings. The van der Waals surface area contributed by atoms with E-state index in [4.69, 9.17) is 21.1 Å². The Morgan fingerprint density at radius 3 is 2.23 bits per heavy atom. The minimum absolute atomic E-state index is 0.174. The fraction of sp³-hybridized carbons (Fsp3) is 0.333. The first-order chi connectivity index (χ1) is 14.8. The number of carbonyl (C=O) groups excluding carboxylic acids is 2. The molecule has 1 atom stereocenters. The van der Waals surface area contributed by atoms with Crippen LogP contribution in [0.15, 0.2) is 59.5 Å². The van der Waals surface area contributed by atoms with Crippen LogP contribution < -0.4 is 4.74 Å². The highest BCUT2D eigenvalue weighted by Gasteiger charge is 2.30. The highest BCUT2D eigenvalue weighted by molar-refractivity contribution is 7.89. The van der Waals surface area contributed by atoms with Crippen molar-refractivity contribution in [2.45, 2.75) is 17.9 Å². The van der Waals surface area contributed by atoms with Gasteiger partial charge in [0.1, 0.15) is 5.75 Å². The summed E-state index contributed by atoms with van der Waals surface area (Å²) in [6.07, 6.45) is -0.901. The van der Waals surface area contributed by atoms with Crippen LogP contribution >= 0.6 is 11.6 Å². The third-order valence-corrected chi connectivity index (χ3v) is 6.93. The first kappa shape index (κ1) is 23.1. The zero-order valence-electron chi connectivity index (χ0n) is 16.9. The lowest BCUT2D eigenvalue weighted by molar-refractivity contribution is -0.157. The van der Waals surface area contributed by atoms with Crippen molar-refractivity contribution in [1.82, 2.24) is 9.21 Å². The predicted molar refractivity (Wildman–Crippen MR) is 114 cm³/mol.